The molecule has 0 N–H and O–H groups in total. The van der Waals surface area contributed by atoms with Gasteiger partial charge in [0.1, 0.15) is 0 Å². The van der Waals surface area contributed by atoms with Crippen molar-refractivity contribution in [3.05, 3.63) is 158 Å². The predicted octanol–water partition coefficient (Wildman–Crippen LogP) is 12.4. The molecule has 0 aliphatic rings. The van der Waals surface area contributed by atoms with Crippen molar-refractivity contribution in [2.45, 2.75) is 0 Å². The van der Waals surface area contributed by atoms with E-state index in [4.69, 9.17) is 9.97 Å². The standard InChI is InChI=1S/C44H26N4S2/c1-3-11-31-25-33(23-17-27(31)9-1)39-41(47-35-13-5-7-15-37(35)49-43(47)45-39)29-19-21-30(22-20-29)42-40(34-24-18-28-10-2-4-12-32(28)26-34)46-44-48(42)36-14-6-8-16-38(36)50-44/h1-26H. The molecule has 11 aromatic rings. The lowest BCUT2D eigenvalue weighted by atomic mass is 9.98. The fourth-order valence-corrected chi connectivity index (χ4v) is 9.48. The van der Waals surface area contributed by atoms with Crippen molar-refractivity contribution in [3.8, 4) is 45.0 Å². The number of hydrogen-bond donors (Lipinski definition) is 0. The van der Waals surface area contributed by atoms with Gasteiger partial charge < -0.3 is 0 Å². The highest BCUT2D eigenvalue weighted by Gasteiger charge is 2.23. The van der Waals surface area contributed by atoms with Crippen LogP contribution in [0.15, 0.2) is 158 Å². The second kappa shape index (κ2) is 10.7. The first-order chi connectivity index (χ1) is 24.8. The summed E-state index contributed by atoms with van der Waals surface area (Å²) in [5.41, 5.74) is 11.0. The third-order valence-electron chi connectivity index (χ3n) is 9.79. The van der Waals surface area contributed by atoms with Gasteiger partial charge in [-0.2, -0.15) is 0 Å². The predicted molar refractivity (Wildman–Crippen MR) is 211 cm³/mol. The van der Waals surface area contributed by atoms with Crippen LogP contribution in [0.5, 0.6) is 0 Å². The molecule has 0 unspecified atom stereocenters. The summed E-state index contributed by atoms with van der Waals surface area (Å²) in [6.45, 7) is 0. The van der Waals surface area contributed by atoms with Gasteiger partial charge in [-0.05, 0) is 57.9 Å². The Morgan fingerprint density at radius 3 is 1.20 bits per heavy atom. The van der Waals surface area contributed by atoms with Crippen LogP contribution in [0.4, 0.5) is 0 Å². The van der Waals surface area contributed by atoms with E-state index in [0.29, 0.717) is 0 Å². The molecule has 4 heterocycles. The van der Waals surface area contributed by atoms with Crippen LogP contribution >= 0.6 is 22.7 Å². The highest BCUT2D eigenvalue weighted by Crippen LogP contribution is 2.42. The van der Waals surface area contributed by atoms with Gasteiger partial charge in [-0.25, -0.2) is 9.97 Å². The second-order valence-electron chi connectivity index (χ2n) is 12.7. The zero-order chi connectivity index (χ0) is 32.8. The Kier molecular flexibility index (Phi) is 5.96. The molecular weight excluding hydrogens is 649 g/mol. The number of imidazole rings is 2. The summed E-state index contributed by atoms with van der Waals surface area (Å²) in [6, 6.07) is 56.6. The Morgan fingerprint density at radius 1 is 0.360 bits per heavy atom. The number of fused-ring (bicyclic) bond motifs is 8. The molecule has 0 amide bonds. The molecule has 0 radical (unpaired) electrons. The minimum atomic E-state index is 0.993. The molecule has 0 aliphatic heterocycles. The van der Waals surface area contributed by atoms with Crippen LogP contribution in [0.25, 0.3) is 96.9 Å². The summed E-state index contributed by atoms with van der Waals surface area (Å²) >= 11 is 3.47. The fraction of sp³-hybridized carbons (Fsp3) is 0. The van der Waals surface area contributed by atoms with Crippen molar-refractivity contribution in [1.29, 1.82) is 0 Å². The molecule has 0 aliphatic carbocycles. The van der Waals surface area contributed by atoms with Crippen LogP contribution in [0, 0.1) is 0 Å². The van der Waals surface area contributed by atoms with Gasteiger partial charge >= 0.3 is 0 Å². The van der Waals surface area contributed by atoms with E-state index < -0.39 is 0 Å². The highest BCUT2D eigenvalue weighted by molar-refractivity contribution is 7.24. The van der Waals surface area contributed by atoms with Gasteiger partial charge in [-0.1, -0.05) is 144 Å². The number of aromatic nitrogens is 4. The number of rotatable bonds is 4. The molecule has 0 spiro atoms. The van der Waals surface area contributed by atoms with Gasteiger partial charge in [0.25, 0.3) is 0 Å². The van der Waals surface area contributed by atoms with Crippen LogP contribution in [-0.2, 0) is 0 Å². The van der Waals surface area contributed by atoms with Crippen molar-refractivity contribution >= 4 is 74.6 Å². The summed E-state index contributed by atoms with van der Waals surface area (Å²) in [5, 5.41) is 4.87. The molecule has 4 nitrogen and oxygen atoms in total. The van der Waals surface area contributed by atoms with Gasteiger partial charge in [0.05, 0.1) is 43.2 Å². The molecule has 4 aromatic heterocycles. The number of benzene rings is 7. The lowest BCUT2D eigenvalue weighted by molar-refractivity contribution is 1.29. The van der Waals surface area contributed by atoms with Gasteiger partial charge in [-0.15, -0.1) is 0 Å². The largest absolute Gasteiger partial charge is 0.282 e. The van der Waals surface area contributed by atoms with Gasteiger partial charge in [0, 0.05) is 22.3 Å². The van der Waals surface area contributed by atoms with Crippen LogP contribution in [0.3, 0.4) is 0 Å². The number of thiazole rings is 2. The molecule has 0 saturated heterocycles. The first kappa shape index (κ1) is 27.8. The Bertz CT molecular complexity index is 2890. The summed E-state index contributed by atoms with van der Waals surface area (Å²) in [7, 11) is 0. The second-order valence-corrected chi connectivity index (χ2v) is 14.7. The zero-order valence-electron chi connectivity index (χ0n) is 26.6. The molecule has 0 saturated carbocycles. The van der Waals surface area contributed by atoms with E-state index in [0.717, 1.165) is 55.0 Å². The molecule has 6 heteroatoms. The van der Waals surface area contributed by atoms with E-state index in [1.807, 2.05) is 0 Å². The highest BCUT2D eigenvalue weighted by atomic mass is 32.1. The Hall–Kier alpha value is -6.08. The molecule has 50 heavy (non-hydrogen) atoms. The van der Waals surface area contributed by atoms with E-state index in [-0.39, 0.29) is 0 Å². The zero-order valence-corrected chi connectivity index (χ0v) is 28.2. The molecule has 0 atom stereocenters. The van der Waals surface area contributed by atoms with E-state index in [1.165, 1.54) is 42.0 Å². The van der Waals surface area contributed by atoms with E-state index in [1.54, 1.807) is 22.7 Å². The maximum absolute atomic E-state index is 5.29. The number of hydrogen-bond acceptors (Lipinski definition) is 4. The number of nitrogens with zero attached hydrogens (tertiary/aromatic N) is 4. The van der Waals surface area contributed by atoms with Gasteiger partial charge in [-0.3, -0.25) is 8.80 Å². The van der Waals surface area contributed by atoms with Crippen molar-refractivity contribution in [2.24, 2.45) is 0 Å². The third kappa shape index (κ3) is 4.16. The summed E-state index contributed by atoms with van der Waals surface area (Å²) < 4.78 is 7.13. The van der Waals surface area contributed by atoms with E-state index in [2.05, 4.69) is 167 Å². The monoisotopic (exact) mass is 674 g/mol. The quantitative estimate of drug-likeness (QED) is 0.186. The molecular formula is C44H26N4S2. The minimum Gasteiger partial charge on any atom is -0.282 e. The van der Waals surface area contributed by atoms with Crippen molar-refractivity contribution in [1.82, 2.24) is 18.8 Å². The summed E-state index contributed by atoms with van der Waals surface area (Å²) in [4.78, 5) is 12.6. The van der Waals surface area contributed by atoms with Gasteiger partial charge in [0.2, 0.25) is 0 Å². The molecule has 234 valence electrons. The van der Waals surface area contributed by atoms with Crippen LogP contribution in [0.2, 0.25) is 0 Å². The van der Waals surface area contributed by atoms with E-state index in [9.17, 15) is 0 Å². The van der Waals surface area contributed by atoms with Crippen molar-refractivity contribution < 1.29 is 0 Å². The smallest absolute Gasteiger partial charge is 0.195 e. The number of para-hydroxylation sites is 2. The topological polar surface area (TPSA) is 34.6 Å². The average molecular weight is 675 g/mol. The lowest BCUT2D eigenvalue weighted by Gasteiger charge is -2.10. The average Bonchev–Trinajstić information content (AvgIpc) is 3.92. The SMILES string of the molecule is c1ccc2cc(-c3nc4sc5ccccc5n4c3-c3ccc(-c4c(-c5ccc6ccccc6c5)nc5sc6ccccc6n45)cc3)ccc2c1. The molecule has 11 rings (SSSR count). The Labute approximate surface area is 294 Å². The lowest BCUT2D eigenvalue weighted by Crippen LogP contribution is -1.92. The first-order valence-electron chi connectivity index (χ1n) is 16.7. The summed E-state index contributed by atoms with van der Waals surface area (Å²) in [6.07, 6.45) is 0. The van der Waals surface area contributed by atoms with Crippen LogP contribution in [-0.4, -0.2) is 18.8 Å². The maximum Gasteiger partial charge on any atom is 0.195 e. The fourth-order valence-electron chi connectivity index (χ4n) is 7.43. The van der Waals surface area contributed by atoms with Crippen LogP contribution < -0.4 is 0 Å². The van der Waals surface area contributed by atoms with E-state index >= 15 is 0 Å². The molecule has 0 fully saturated rings. The summed E-state index contributed by atoms with van der Waals surface area (Å²) in [5.74, 6) is 0. The third-order valence-corrected chi connectivity index (χ3v) is 11.8. The Balaban J connectivity index is 1.13. The normalized spacial score (nSPS) is 12.0. The maximum atomic E-state index is 5.29. The van der Waals surface area contributed by atoms with Crippen molar-refractivity contribution in [2.75, 3.05) is 0 Å². The Morgan fingerprint density at radius 2 is 0.740 bits per heavy atom. The van der Waals surface area contributed by atoms with Gasteiger partial charge in [0.15, 0.2) is 9.92 Å². The molecule has 7 aromatic carbocycles. The minimum absolute atomic E-state index is 0.993. The van der Waals surface area contributed by atoms with Crippen molar-refractivity contribution in [3.63, 3.8) is 0 Å². The molecule has 0 bridgehead atoms. The first-order valence-corrected chi connectivity index (χ1v) is 18.3. The van der Waals surface area contributed by atoms with Crippen LogP contribution in [0.1, 0.15) is 0 Å².